The maximum absolute atomic E-state index is 11.4. The first-order valence-corrected chi connectivity index (χ1v) is 5.39. The SMILES string of the molecule is O=C1NC(=O)C(C2CCCCCC2)N1. The number of hydrogen-bond acceptors (Lipinski definition) is 2. The summed E-state index contributed by atoms with van der Waals surface area (Å²) in [6.07, 6.45) is 7.03. The van der Waals surface area contributed by atoms with Gasteiger partial charge >= 0.3 is 6.03 Å². The highest BCUT2D eigenvalue weighted by Gasteiger charge is 2.35. The minimum atomic E-state index is -0.329. The lowest BCUT2D eigenvalue weighted by Gasteiger charge is -2.18. The van der Waals surface area contributed by atoms with E-state index in [1.807, 2.05) is 0 Å². The number of imide groups is 1. The van der Waals surface area contributed by atoms with E-state index in [4.69, 9.17) is 0 Å². The van der Waals surface area contributed by atoms with Crippen LogP contribution in [-0.4, -0.2) is 18.0 Å². The van der Waals surface area contributed by atoms with Crippen molar-refractivity contribution in [2.24, 2.45) is 5.92 Å². The summed E-state index contributed by atoms with van der Waals surface area (Å²) >= 11 is 0. The number of urea groups is 1. The third-order valence-electron chi connectivity index (χ3n) is 3.18. The second-order valence-corrected chi connectivity index (χ2v) is 4.19. The van der Waals surface area contributed by atoms with Gasteiger partial charge in [0.15, 0.2) is 0 Å². The molecule has 1 saturated carbocycles. The number of hydrogen-bond donors (Lipinski definition) is 2. The molecule has 2 N–H and O–H groups in total. The molecule has 0 aromatic heterocycles. The fourth-order valence-corrected chi connectivity index (χ4v) is 2.41. The van der Waals surface area contributed by atoms with E-state index in [-0.39, 0.29) is 18.0 Å². The summed E-state index contributed by atoms with van der Waals surface area (Å²) in [5, 5.41) is 5.00. The number of nitrogens with one attached hydrogen (secondary N) is 2. The normalized spacial score (nSPS) is 29.6. The smallest absolute Gasteiger partial charge is 0.322 e. The highest BCUT2D eigenvalue weighted by molar-refractivity contribution is 6.04. The van der Waals surface area contributed by atoms with Crippen LogP contribution >= 0.6 is 0 Å². The summed E-state index contributed by atoms with van der Waals surface area (Å²) in [6, 6.07) is -0.593. The van der Waals surface area contributed by atoms with E-state index in [1.165, 1.54) is 25.7 Å². The maximum Gasteiger partial charge on any atom is 0.322 e. The van der Waals surface area contributed by atoms with Crippen molar-refractivity contribution in [3.8, 4) is 0 Å². The van der Waals surface area contributed by atoms with E-state index in [2.05, 4.69) is 10.6 Å². The summed E-state index contributed by atoms with van der Waals surface area (Å²) in [5.74, 6) is 0.214. The Bertz CT molecular complexity index is 245. The molecule has 78 valence electrons. The van der Waals surface area contributed by atoms with Gasteiger partial charge in [-0.05, 0) is 18.8 Å². The Hall–Kier alpha value is -1.06. The van der Waals surface area contributed by atoms with Gasteiger partial charge in [0, 0.05) is 0 Å². The molecule has 2 aliphatic rings. The summed E-state index contributed by atoms with van der Waals surface area (Å²) in [7, 11) is 0. The van der Waals surface area contributed by atoms with Gasteiger partial charge in [0.25, 0.3) is 5.91 Å². The minimum Gasteiger partial charge on any atom is -0.326 e. The molecule has 2 fully saturated rings. The Labute approximate surface area is 83.4 Å². The number of amides is 3. The van der Waals surface area contributed by atoms with E-state index in [9.17, 15) is 9.59 Å². The zero-order valence-corrected chi connectivity index (χ0v) is 8.21. The van der Waals surface area contributed by atoms with Crippen molar-refractivity contribution in [1.29, 1.82) is 0 Å². The van der Waals surface area contributed by atoms with Gasteiger partial charge < -0.3 is 5.32 Å². The summed E-state index contributed by atoms with van der Waals surface area (Å²) in [5.41, 5.74) is 0. The van der Waals surface area contributed by atoms with Crippen molar-refractivity contribution in [2.75, 3.05) is 0 Å². The fourth-order valence-electron chi connectivity index (χ4n) is 2.41. The maximum atomic E-state index is 11.4. The Kier molecular flexibility index (Phi) is 2.70. The monoisotopic (exact) mass is 196 g/mol. The fraction of sp³-hybridized carbons (Fsp3) is 0.800. The third kappa shape index (κ3) is 1.89. The average molecular weight is 196 g/mol. The van der Waals surface area contributed by atoms with Gasteiger partial charge in [0.2, 0.25) is 0 Å². The van der Waals surface area contributed by atoms with Crippen molar-refractivity contribution in [3.05, 3.63) is 0 Å². The predicted molar refractivity (Wildman–Crippen MR) is 51.7 cm³/mol. The molecule has 0 aromatic rings. The number of carbonyl (C=O) groups excluding carboxylic acids is 2. The molecule has 0 spiro atoms. The number of carbonyl (C=O) groups is 2. The molecular weight excluding hydrogens is 180 g/mol. The molecule has 1 saturated heterocycles. The molecule has 1 unspecified atom stereocenters. The minimum absolute atomic E-state index is 0.137. The van der Waals surface area contributed by atoms with E-state index in [0.717, 1.165) is 12.8 Å². The Balaban J connectivity index is 1.98. The van der Waals surface area contributed by atoms with Crippen LogP contribution in [0.5, 0.6) is 0 Å². The number of rotatable bonds is 1. The van der Waals surface area contributed by atoms with Crippen molar-refractivity contribution >= 4 is 11.9 Å². The van der Waals surface area contributed by atoms with Gasteiger partial charge in [-0.1, -0.05) is 25.7 Å². The zero-order valence-electron chi connectivity index (χ0n) is 8.21. The van der Waals surface area contributed by atoms with Gasteiger partial charge in [0.1, 0.15) is 6.04 Å². The topological polar surface area (TPSA) is 58.2 Å². The van der Waals surface area contributed by atoms with E-state index in [1.54, 1.807) is 0 Å². The van der Waals surface area contributed by atoms with Crippen LogP contribution < -0.4 is 10.6 Å². The molecule has 4 heteroatoms. The van der Waals surface area contributed by atoms with Crippen LogP contribution in [0.15, 0.2) is 0 Å². The second kappa shape index (κ2) is 3.98. The molecule has 14 heavy (non-hydrogen) atoms. The molecule has 1 aliphatic heterocycles. The molecular formula is C10H16N2O2. The summed E-state index contributed by atoms with van der Waals surface area (Å²) < 4.78 is 0. The molecule has 1 heterocycles. The van der Waals surface area contributed by atoms with E-state index < -0.39 is 0 Å². The lowest BCUT2D eigenvalue weighted by atomic mass is 9.92. The van der Waals surface area contributed by atoms with Crippen LogP contribution in [0.3, 0.4) is 0 Å². The summed E-state index contributed by atoms with van der Waals surface area (Å²) in [6.45, 7) is 0. The first kappa shape index (κ1) is 9.49. The Morgan fingerprint density at radius 3 is 2.14 bits per heavy atom. The van der Waals surface area contributed by atoms with Crippen LogP contribution in [0.2, 0.25) is 0 Å². The van der Waals surface area contributed by atoms with Gasteiger partial charge in [-0.3, -0.25) is 10.1 Å². The Morgan fingerprint density at radius 1 is 1.00 bits per heavy atom. The Morgan fingerprint density at radius 2 is 1.64 bits per heavy atom. The molecule has 1 aliphatic carbocycles. The lowest BCUT2D eigenvalue weighted by molar-refractivity contribution is -0.121. The molecule has 0 aromatic carbocycles. The van der Waals surface area contributed by atoms with Crippen LogP contribution in [0.4, 0.5) is 4.79 Å². The molecule has 3 amide bonds. The van der Waals surface area contributed by atoms with Crippen molar-refractivity contribution < 1.29 is 9.59 Å². The molecule has 4 nitrogen and oxygen atoms in total. The molecule has 0 radical (unpaired) electrons. The third-order valence-corrected chi connectivity index (χ3v) is 3.18. The largest absolute Gasteiger partial charge is 0.326 e. The lowest BCUT2D eigenvalue weighted by Crippen LogP contribution is -2.36. The van der Waals surface area contributed by atoms with Crippen LogP contribution in [0.1, 0.15) is 38.5 Å². The van der Waals surface area contributed by atoms with Gasteiger partial charge in [-0.2, -0.15) is 0 Å². The van der Waals surface area contributed by atoms with Gasteiger partial charge in [0.05, 0.1) is 0 Å². The van der Waals surface area contributed by atoms with Crippen molar-refractivity contribution in [2.45, 2.75) is 44.6 Å². The van der Waals surface area contributed by atoms with Crippen molar-refractivity contribution in [3.63, 3.8) is 0 Å². The first-order chi connectivity index (χ1) is 6.77. The van der Waals surface area contributed by atoms with Gasteiger partial charge in [-0.25, -0.2) is 4.79 Å². The van der Waals surface area contributed by atoms with Crippen LogP contribution in [0.25, 0.3) is 0 Å². The second-order valence-electron chi connectivity index (χ2n) is 4.19. The van der Waals surface area contributed by atoms with Crippen molar-refractivity contribution in [1.82, 2.24) is 10.6 Å². The standard InChI is InChI=1S/C10H16N2O2/c13-9-8(11-10(14)12-9)7-5-3-1-2-4-6-7/h7-8H,1-6H2,(H2,11,12,13,14). The highest BCUT2D eigenvalue weighted by Crippen LogP contribution is 2.26. The van der Waals surface area contributed by atoms with E-state index >= 15 is 0 Å². The molecule has 0 bridgehead atoms. The predicted octanol–water partition coefficient (Wildman–Crippen LogP) is 1.16. The quantitative estimate of drug-likeness (QED) is 0.488. The summed E-state index contributed by atoms with van der Waals surface area (Å²) in [4.78, 5) is 22.4. The first-order valence-electron chi connectivity index (χ1n) is 5.39. The molecule has 1 atom stereocenters. The average Bonchev–Trinajstić information content (AvgIpc) is 2.43. The zero-order chi connectivity index (χ0) is 9.97. The van der Waals surface area contributed by atoms with Crippen LogP contribution in [-0.2, 0) is 4.79 Å². The van der Waals surface area contributed by atoms with Crippen LogP contribution in [0, 0.1) is 5.92 Å². The van der Waals surface area contributed by atoms with Gasteiger partial charge in [-0.15, -0.1) is 0 Å². The molecule has 2 rings (SSSR count). The highest BCUT2D eigenvalue weighted by atomic mass is 16.2. The van der Waals surface area contributed by atoms with E-state index in [0.29, 0.717) is 5.92 Å².